The van der Waals surface area contributed by atoms with E-state index in [1.54, 1.807) is 7.05 Å². The average molecular weight is 260 g/mol. The molecule has 1 aliphatic rings. The van der Waals surface area contributed by atoms with E-state index in [0.717, 1.165) is 12.8 Å². The molecule has 0 saturated carbocycles. The van der Waals surface area contributed by atoms with Gasteiger partial charge in [-0.1, -0.05) is 0 Å². The molecule has 0 aliphatic carbocycles. The first kappa shape index (κ1) is 12.2. The van der Waals surface area contributed by atoms with Crippen molar-refractivity contribution in [1.29, 1.82) is 0 Å². The zero-order valence-corrected chi connectivity index (χ0v) is 10.4. The summed E-state index contributed by atoms with van der Waals surface area (Å²) in [4.78, 5) is 0. The number of sulfonamides is 1. The lowest BCUT2D eigenvalue weighted by molar-refractivity contribution is 0.127. The van der Waals surface area contributed by atoms with Crippen LogP contribution in [0.5, 0.6) is 0 Å². The number of anilines is 2. The molecule has 0 spiro atoms. The fourth-order valence-corrected chi connectivity index (χ4v) is 3.17. The van der Waals surface area contributed by atoms with E-state index in [0.29, 0.717) is 18.1 Å². The molecule has 7 nitrogen and oxygen atoms in total. The molecule has 2 rings (SSSR count). The summed E-state index contributed by atoms with van der Waals surface area (Å²) >= 11 is 0. The Labute approximate surface area is 100.0 Å². The number of aromatic nitrogens is 2. The van der Waals surface area contributed by atoms with Crippen LogP contribution in [-0.2, 0) is 21.8 Å². The molecule has 0 aromatic carbocycles. The van der Waals surface area contributed by atoms with Crippen LogP contribution in [0.4, 0.5) is 11.5 Å². The van der Waals surface area contributed by atoms with Gasteiger partial charge in [0.1, 0.15) is 0 Å². The van der Waals surface area contributed by atoms with Crippen molar-refractivity contribution in [2.75, 3.05) is 22.8 Å². The molecule has 1 aromatic rings. The van der Waals surface area contributed by atoms with Crippen molar-refractivity contribution in [2.45, 2.75) is 18.9 Å². The molecule has 17 heavy (non-hydrogen) atoms. The third-order valence-corrected chi connectivity index (χ3v) is 3.96. The largest absolute Gasteiger partial charge is 0.394 e. The molecule has 1 atom stereocenters. The Balaban J connectivity index is 2.06. The van der Waals surface area contributed by atoms with Gasteiger partial charge >= 0.3 is 0 Å². The predicted molar refractivity (Wildman–Crippen MR) is 64.0 cm³/mol. The molecule has 0 amide bonds. The summed E-state index contributed by atoms with van der Waals surface area (Å²) in [5, 5.41) is 3.87. The second kappa shape index (κ2) is 4.53. The third-order valence-electron chi connectivity index (χ3n) is 2.65. The number of hydrogen-bond donors (Lipinski definition) is 2. The average Bonchev–Trinajstić information content (AvgIpc) is 2.82. The van der Waals surface area contributed by atoms with Crippen LogP contribution in [-0.4, -0.2) is 36.7 Å². The standard InChI is InChI=1S/C9H16N4O3S/c1-13-9(8(10)5-11-13)12-17(14,15)6-7-3-2-4-16-7/h5,7,12H,2-4,6,10H2,1H3. The highest BCUT2D eigenvalue weighted by Gasteiger charge is 2.24. The Kier molecular flexibility index (Phi) is 3.25. The van der Waals surface area contributed by atoms with Gasteiger partial charge < -0.3 is 10.5 Å². The van der Waals surface area contributed by atoms with E-state index in [9.17, 15) is 8.42 Å². The summed E-state index contributed by atoms with van der Waals surface area (Å²) < 4.78 is 32.9. The topological polar surface area (TPSA) is 99.2 Å². The van der Waals surface area contributed by atoms with Gasteiger partial charge in [0.05, 0.1) is 23.7 Å². The van der Waals surface area contributed by atoms with E-state index in [1.807, 2.05) is 0 Å². The molecule has 8 heteroatoms. The summed E-state index contributed by atoms with van der Waals surface area (Å²) in [6.45, 7) is 0.633. The van der Waals surface area contributed by atoms with Crippen LogP contribution < -0.4 is 10.5 Å². The number of rotatable bonds is 4. The van der Waals surface area contributed by atoms with Gasteiger partial charge in [-0.3, -0.25) is 9.40 Å². The molecule has 1 aromatic heterocycles. The molecule has 1 saturated heterocycles. The molecule has 2 heterocycles. The van der Waals surface area contributed by atoms with E-state index in [4.69, 9.17) is 10.5 Å². The van der Waals surface area contributed by atoms with Gasteiger partial charge in [-0.05, 0) is 12.8 Å². The van der Waals surface area contributed by atoms with Gasteiger partial charge in [0.15, 0.2) is 5.82 Å². The lowest BCUT2D eigenvalue weighted by Gasteiger charge is -2.12. The first-order valence-corrected chi connectivity index (χ1v) is 7.03. The first-order valence-electron chi connectivity index (χ1n) is 5.37. The van der Waals surface area contributed by atoms with Crippen LogP contribution in [0, 0.1) is 0 Å². The molecule has 96 valence electrons. The highest BCUT2D eigenvalue weighted by molar-refractivity contribution is 7.92. The Morgan fingerprint density at radius 2 is 2.47 bits per heavy atom. The Hall–Kier alpha value is -1.28. The minimum atomic E-state index is -3.45. The van der Waals surface area contributed by atoms with Crippen molar-refractivity contribution in [3.63, 3.8) is 0 Å². The summed E-state index contributed by atoms with van der Waals surface area (Å²) in [6.07, 6.45) is 2.88. The van der Waals surface area contributed by atoms with Gasteiger partial charge in [0.2, 0.25) is 10.0 Å². The second-order valence-corrected chi connectivity index (χ2v) is 5.86. The maximum atomic E-state index is 11.9. The van der Waals surface area contributed by atoms with Crippen LogP contribution >= 0.6 is 0 Å². The van der Waals surface area contributed by atoms with E-state index in [2.05, 4.69) is 9.82 Å². The number of aryl methyl sites for hydroxylation is 1. The highest BCUT2D eigenvalue weighted by Crippen LogP contribution is 2.19. The zero-order chi connectivity index (χ0) is 12.5. The molecule has 1 unspecified atom stereocenters. The summed E-state index contributed by atoms with van der Waals surface area (Å²) in [7, 11) is -1.82. The van der Waals surface area contributed by atoms with Crippen molar-refractivity contribution < 1.29 is 13.2 Å². The van der Waals surface area contributed by atoms with Crippen molar-refractivity contribution in [2.24, 2.45) is 7.05 Å². The van der Waals surface area contributed by atoms with Crippen LogP contribution in [0.2, 0.25) is 0 Å². The fourth-order valence-electron chi connectivity index (χ4n) is 1.79. The van der Waals surface area contributed by atoms with Gasteiger partial charge in [0.25, 0.3) is 0 Å². The maximum absolute atomic E-state index is 11.9. The van der Waals surface area contributed by atoms with Gasteiger partial charge in [0, 0.05) is 13.7 Å². The smallest absolute Gasteiger partial charge is 0.236 e. The number of nitrogens with zero attached hydrogens (tertiary/aromatic N) is 2. The van der Waals surface area contributed by atoms with Crippen LogP contribution in [0.1, 0.15) is 12.8 Å². The SMILES string of the molecule is Cn1ncc(N)c1NS(=O)(=O)CC1CCCO1. The Morgan fingerprint density at radius 1 is 1.71 bits per heavy atom. The van der Waals surface area contributed by atoms with Crippen molar-refractivity contribution in [1.82, 2.24) is 9.78 Å². The number of nitrogen functional groups attached to an aromatic ring is 1. The number of ether oxygens (including phenoxy) is 1. The lowest BCUT2D eigenvalue weighted by atomic mass is 10.3. The summed E-state index contributed by atoms with van der Waals surface area (Å²) in [6, 6.07) is 0. The number of nitrogens with one attached hydrogen (secondary N) is 1. The predicted octanol–water partition coefficient (Wildman–Crippen LogP) is -0.0770. The van der Waals surface area contributed by atoms with Gasteiger partial charge in [-0.15, -0.1) is 0 Å². The summed E-state index contributed by atoms with van der Waals surface area (Å²) in [5.74, 6) is 0.250. The highest BCUT2D eigenvalue weighted by atomic mass is 32.2. The minimum absolute atomic E-state index is 0.0440. The monoisotopic (exact) mass is 260 g/mol. The maximum Gasteiger partial charge on any atom is 0.236 e. The van der Waals surface area contributed by atoms with E-state index in [-0.39, 0.29) is 11.9 Å². The lowest BCUT2D eigenvalue weighted by Crippen LogP contribution is -2.26. The quantitative estimate of drug-likeness (QED) is 0.789. The molecule has 1 aliphatic heterocycles. The van der Waals surface area contributed by atoms with Crippen LogP contribution in [0.3, 0.4) is 0 Å². The van der Waals surface area contributed by atoms with Crippen LogP contribution in [0.15, 0.2) is 6.20 Å². The molecule has 0 bridgehead atoms. The summed E-state index contributed by atoms with van der Waals surface area (Å²) in [5.41, 5.74) is 5.92. The Bertz CT molecular complexity index is 471. The van der Waals surface area contributed by atoms with Crippen molar-refractivity contribution >= 4 is 21.5 Å². The Morgan fingerprint density at radius 3 is 3.00 bits per heavy atom. The fraction of sp³-hybridized carbons (Fsp3) is 0.667. The van der Waals surface area contributed by atoms with Gasteiger partial charge in [-0.25, -0.2) is 8.42 Å². The second-order valence-electron chi connectivity index (χ2n) is 4.09. The molecular weight excluding hydrogens is 244 g/mol. The van der Waals surface area contributed by atoms with Crippen LogP contribution in [0.25, 0.3) is 0 Å². The van der Waals surface area contributed by atoms with Crippen molar-refractivity contribution in [3.05, 3.63) is 6.20 Å². The first-order chi connectivity index (χ1) is 7.98. The van der Waals surface area contributed by atoms with Gasteiger partial charge in [-0.2, -0.15) is 5.10 Å². The third kappa shape index (κ3) is 2.89. The molecule has 3 N–H and O–H groups in total. The number of nitrogens with two attached hydrogens (primary N) is 1. The molecular formula is C9H16N4O3S. The molecule has 0 radical (unpaired) electrons. The minimum Gasteiger partial charge on any atom is -0.394 e. The molecule has 1 fully saturated rings. The van der Waals surface area contributed by atoms with Crippen molar-refractivity contribution in [3.8, 4) is 0 Å². The van der Waals surface area contributed by atoms with E-state index < -0.39 is 10.0 Å². The van der Waals surface area contributed by atoms with E-state index in [1.165, 1.54) is 10.9 Å². The zero-order valence-electron chi connectivity index (χ0n) is 9.59. The van der Waals surface area contributed by atoms with E-state index >= 15 is 0 Å². The normalized spacial score (nSPS) is 20.6. The number of hydrogen-bond acceptors (Lipinski definition) is 5.